The maximum absolute atomic E-state index is 4.67. The first-order chi connectivity index (χ1) is 13.7. The van der Waals surface area contributed by atoms with Crippen LogP contribution in [0, 0.1) is 0 Å². The lowest BCUT2D eigenvalue weighted by molar-refractivity contribution is 0.158. The smallest absolute Gasteiger partial charge is 0.121 e. The molecule has 0 aliphatic carbocycles. The zero-order valence-corrected chi connectivity index (χ0v) is 18.8. The van der Waals surface area contributed by atoms with Gasteiger partial charge in [0.1, 0.15) is 5.69 Å². The van der Waals surface area contributed by atoms with Crippen molar-refractivity contribution in [3.8, 4) is 11.3 Å². The Labute approximate surface area is 175 Å². The predicted octanol–water partition coefficient (Wildman–Crippen LogP) is 6.18. The van der Waals surface area contributed by atoms with Gasteiger partial charge in [-0.05, 0) is 52.2 Å². The minimum atomic E-state index is -0.166. The minimum absolute atomic E-state index is 0.0407. The van der Waals surface area contributed by atoms with E-state index in [0.717, 1.165) is 47.6 Å². The molecule has 0 bridgehead atoms. The van der Waals surface area contributed by atoms with E-state index in [1.807, 2.05) is 12.2 Å². The molecule has 3 rings (SSSR count). The third-order valence-electron chi connectivity index (χ3n) is 6.53. The summed E-state index contributed by atoms with van der Waals surface area (Å²) in [6.07, 6.45) is 5.86. The fourth-order valence-electron chi connectivity index (χ4n) is 3.84. The van der Waals surface area contributed by atoms with Crippen LogP contribution in [0.15, 0.2) is 55.3 Å². The summed E-state index contributed by atoms with van der Waals surface area (Å²) in [5, 5.41) is 9.30. The molecule has 0 atom stereocenters. The molecular weight excluding hydrogens is 356 g/mol. The van der Waals surface area contributed by atoms with Crippen LogP contribution in [0.25, 0.3) is 16.8 Å². The Kier molecular flexibility index (Phi) is 5.57. The Hall–Kier alpha value is -2.62. The van der Waals surface area contributed by atoms with Crippen molar-refractivity contribution in [2.45, 2.75) is 72.0 Å². The predicted molar refractivity (Wildman–Crippen MR) is 122 cm³/mol. The maximum atomic E-state index is 4.67. The number of fused-ring (bicyclic) bond motifs is 3. The van der Waals surface area contributed by atoms with E-state index >= 15 is 0 Å². The van der Waals surface area contributed by atoms with Crippen molar-refractivity contribution in [1.29, 1.82) is 0 Å². The lowest BCUT2D eigenvalue weighted by Crippen LogP contribution is -2.42. The van der Waals surface area contributed by atoms with E-state index in [4.69, 9.17) is 0 Å². The van der Waals surface area contributed by atoms with E-state index < -0.39 is 0 Å². The van der Waals surface area contributed by atoms with E-state index in [0.29, 0.717) is 0 Å². The number of benzene rings is 1. The molecule has 0 radical (unpaired) electrons. The Balaban J connectivity index is 2.47. The quantitative estimate of drug-likeness (QED) is 0.591. The van der Waals surface area contributed by atoms with Crippen molar-refractivity contribution >= 4 is 5.57 Å². The molecule has 1 aliphatic rings. The molecular formula is C25H34N4. The van der Waals surface area contributed by atoms with Gasteiger partial charge in [0.15, 0.2) is 0 Å². The van der Waals surface area contributed by atoms with Gasteiger partial charge in [0.25, 0.3) is 0 Å². The van der Waals surface area contributed by atoms with Crippen LogP contribution < -0.4 is 0 Å². The van der Waals surface area contributed by atoms with Crippen LogP contribution in [0.4, 0.5) is 0 Å². The van der Waals surface area contributed by atoms with Gasteiger partial charge in [-0.2, -0.15) is 0 Å². The van der Waals surface area contributed by atoms with Crippen molar-refractivity contribution in [3.05, 3.63) is 66.5 Å². The van der Waals surface area contributed by atoms with Gasteiger partial charge in [-0.1, -0.05) is 62.6 Å². The summed E-state index contributed by atoms with van der Waals surface area (Å²) in [5.41, 5.74) is 6.24. The highest BCUT2D eigenvalue weighted by molar-refractivity contribution is 5.85. The van der Waals surface area contributed by atoms with Crippen LogP contribution >= 0.6 is 0 Å². The molecule has 0 unspecified atom stereocenters. The highest BCUT2D eigenvalue weighted by atomic mass is 15.5. The molecule has 154 valence electrons. The summed E-state index contributed by atoms with van der Waals surface area (Å²) in [6, 6.07) is 8.53. The molecule has 0 saturated carbocycles. The van der Waals surface area contributed by atoms with Crippen molar-refractivity contribution in [2.24, 2.45) is 0 Å². The highest BCUT2D eigenvalue weighted by Gasteiger charge is 2.34. The summed E-state index contributed by atoms with van der Waals surface area (Å²) in [5.74, 6) is 0. The SMILES string of the molecule is C=C/C1=C(\C=C)N(C(C)(C)CC)Cc2ccccc2-c2nnn(C(C)(C)CC)c21. The van der Waals surface area contributed by atoms with Gasteiger partial charge in [0.2, 0.25) is 0 Å². The van der Waals surface area contributed by atoms with Crippen LogP contribution in [0.3, 0.4) is 0 Å². The molecule has 4 nitrogen and oxygen atoms in total. The highest BCUT2D eigenvalue weighted by Crippen LogP contribution is 2.41. The molecule has 4 heteroatoms. The number of allylic oxidation sites excluding steroid dienone is 3. The van der Waals surface area contributed by atoms with Crippen molar-refractivity contribution in [2.75, 3.05) is 0 Å². The number of nitrogens with zero attached hydrogens (tertiary/aromatic N) is 4. The number of aromatic nitrogens is 3. The zero-order valence-electron chi connectivity index (χ0n) is 18.8. The number of hydrogen-bond acceptors (Lipinski definition) is 3. The van der Waals surface area contributed by atoms with Crippen LogP contribution in [-0.2, 0) is 12.1 Å². The molecule has 1 aliphatic heterocycles. The summed E-state index contributed by atoms with van der Waals surface area (Å²) >= 11 is 0. The fraction of sp³-hybridized carbons (Fsp3) is 0.440. The van der Waals surface area contributed by atoms with Gasteiger partial charge >= 0.3 is 0 Å². The third kappa shape index (κ3) is 3.45. The molecule has 0 spiro atoms. The van der Waals surface area contributed by atoms with Crippen LogP contribution in [0.2, 0.25) is 0 Å². The second kappa shape index (κ2) is 7.66. The van der Waals surface area contributed by atoms with Gasteiger partial charge < -0.3 is 4.90 Å². The maximum Gasteiger partial charge on any atom is 0.121 e. The van der Waals surface area contributed by atoms with Crippen LogP contribution in [0.5, 0.6) is 0 Å². The van der Waals surface area contributed by atoms with Crippen molar-refractivity contribution < 1.29 is 0 Å². The lowest BCUT2D eigenvalue weighted by Gasteiger charge is -2.43. The molecule has 0 N–H and O–H groups in total. The molecule has 0 amide bonds. The van der Waals surface area contributed by atoms with Gasteiger partial charge in [-0.3, -0.25) is 0 Å². The molecule has 2 heterocycles. The van der Waals surface area contributed by atoms with Gasteiger partial charge in [-0.25, -0.2) is 4.68 Å². The van der Waals surface area contributed by atoms with E-state index in [1.165, 1.54) is 5.56 Å². The molecule has 0 saturated heterocycles. The summed E-state index contributed by atoms with van der Waals surface area (Å²) in [7, 11) is 0. The average Bonchev–Trinajstić information content (AvgIpc) is 3.14. The Morgan fingerprint density at radius 1 is 1.00 bits per heavy atom. The van der Waals surface area contributed by atoms with Crippen LogP contribution in [0.1, 0.15) is 65.6 Å². The lowest BCUT2D eigenvalue weighted by atomic mass is 9.90. The first kappa shape index (κ1) is 21.1. The Morgan fingerprint density at radius 2 is 1.66 bits per heavy atom. The third-order valence-corrected chi connectivity index (χ3v) is 6.53. The van der Waals surface area contributed by atoms with Gasteiger partial charge in [-0.15, -0.1) is 5.10 Å². The topological polar surface area (TPSA) is 34.0 Å². The monoisotopic (exact) mass is 390 g/mol. The zero-order chi connectivity index (χ0) is 21.4. The van der Waals surface area contributed by atoms with E-state index in [9.17, 15) is 0 Å². The molecule has 1 aromatic heterocycles. The Bertz CT molecular complexity index is 959. The molecule has 0 fully saturated rings. The summed E-state index contributed by atoms with van der Waals surface area (Å²) in [6.45, 7) is 22.5. The number of hydrogen-bond donors (Lipinski definition) is 0. The fourth-order valence-corrected chi connectivity index (χ4v) is 3.84. The summed E-state index contributed by atoms with van der Waals surface area (Å²) in [4.78, 5) is 2.45. The first-order valence-electron chi connectivity index (χ1n) is 10.5. The standard InChI is InChI=1S/C25H34N4/c1-9-19-21(10-2)28(24(5,6)11-3)17-18-15-13-14-16-20(18)22-23(19)29(27-26-22)25(7,8)12-4/h9-10,13-16H,1-2,11-12,17H2,3-8H3/b21-19-. The van der Waals surface area contributed by atoms with Gasteiger partial charge in [0, 0.05) is 28.9 Å². The minimum Gasteiger partial charge on any atom is -0.362 e. The summed E-state index contributed by atoms with van der Waals surface area (Å²) < 4.78 is 2.07. The van der Waals surface area contributed by atoms with E-state index in [2.05, 4.69) is 98.9 Å². The first-order valence-corrected chi connectivity index (χ1v) is 10.5. The Morgan fingerprint density at radius 3 is 2.24 bits per heavy atom. The average molecular weight is 391 g/mol. The second-order valence-corrected chi connectivity index (χ2v) is 8.98. The van der Waals surface area contributed by atoms with Crippen molar-refractivity contribution in [1.82, 2.24) is 19.9 Å². The molecule has 29 heavy (non-hydrogen) atoms. The second-order valence-electron chi connectivity index (χ2n) is 8.98. The van der Waals surface area contributed by atoms with Crippen LogP contribution in [-0.4, -0.2) is 25.4 Å². The number of rotatable bonds is 6. The molecule has 2 aromatic rings. The largest absolute Gasteiger partial charge is 0.362 e. The molecule has 1 aromatic carbocycles. The normalized spacial score (nSPS) is 17.2. The van der Waals surface area contributed by atoms with Gasteiger partial charge in [0.05, 0.1) is 11.2 Å². The van der Waals surface area contributed by atoms with E-state index in [-0.39, 0.29) is 11.1 Å². The van der Waals surface area contributed by atoms with Crippen molar-refractivity contribution in [3.63, 3.8) is 0 Å². The van der Waals surface area contributed by atoms with E-state index in [1.54, 1.807) is 0 Å².